The molecule has 0 aliphatic rings. The minimum absolute atomic E-state index is 0.486. The molecule has 0 amide bonds. The molecule has 0 saturated heterocycles. The number of ether oxygens (including phenoxy) is 2. The van der Waals surface area contributed by atoms with Crippen LogP contribution in [0.25, 0.3) is 0 Å². The molecule has 0 heterocycles. The molecular weight excluding hydrogens is 378 g/mol. The van der Waals surface area contributed by atoms with Crippen LogP contribution in [0.2, 0.25) is 0 Å². The van der Waals surface area contributed by atoms with Crippen LogP contribution < -0.4 is 14.8 Å². The molecule has 2 aromatic rings. The van der Waals surface area contributed by atoms with E-state index >= 15 is 0 Å². The van der Waals surface area contributed by atoms with Gasteiger partial charge in [-0.25, -0.2) is 0 Å². The van der Waals surface area contributed by atoms with E-state index in [1.54, 1.807) is 0 Å². The molecule has 0 spiro atoms. The van der Waals surface area contributed by atoms with Crippen molar-refractivity contribution in [3.8, 4) is 11.5 Å². The van der Waals surface area contributed by atoms with E-state index in [1.165, 1.54) is 16.7 Å². The number of hydrogen-bond donors (Lipinski definition) is 1. The number of benzene rings is 2. The van der Waals surface area contributed by atoms with Gasteiger partial charge >= 0.3 is 0 Å². The van der Waals surface area contributed by atoms with Gasteiger partial charge < -0.3 is 14.8 Å². The van der Waals surface area contributed by atoms with Gasteiger partial charge in [-0.15, -0.1) is 0 Å². The number of nitrogens with one attached hydrogen (secondary N) is 1. The zero-order valence-corrected chi connectivity index (χ0v) is 17.2. The number of aryl methyl sites for hydroxylation is 1. The van der Waals surface area contributed by atoms with Crippen LogP contribution in [0.3, 0.4) is 0 Å². The van der Waals surface area contributed by atoms with Crippen molar-refractivity contribution in [2.45, 2.75) is 53.3 Å². The smallest absolute Gasteiger partial charge is 0.162 e. The third-order valence-corrected chi connectivity index (χ3v) is 5.05. The lowest BCUT2D eigenvalue weighted by molar-refractivity contribution is 0.268. The molecule has 1 atom stereocenters. The van der Waals surface area contributed by atoms with E-state index in [0.717, 1.165) is 28.9 Å². The summed E-state index contributed by atoms with van der Waals surface area (Å²) in [6.45, 7) is 10.4. The van der Waals surface area contributed by atoms with Crippen LogP contribution in [-0.4, -0.2) is 12.6 Å². The predicted molar refractivity (Wildman–Crippen MR) is 107 cm³/mol. The Hall–Kier alpha value is -1.52. The second-order valence-corrected chi connectivity index (χ2v) is 7.08. The van der Waals surface area contributed by atoms with Crippen molar-refractivity contribution >= 4 is 15.9 Å². The second-order valence-electron chi connectivity index (χ2n) is 6.23. The SMILES string of the molecule is CCOc1cc(CNC(C)CC)c(Br)cc1OCc1ccccc1C. The van der Waals surface area contributed by atoms with Crippen LogP contribution in [0.5, 0.6) is 11.5 Å². The molecule has 1 unspecified atom stereocenters. The van der Waals surface area contributed by atoms with E-state index in [-0.39, 0.29) is 0 Å². The molecule has 0 bridgehead atoms. The van der Waals surface area contributed by atoms with Gasteiger partial charge in [0.1, 0.15) is 6.61 Å². The van der Waals surface area contributed by atoms with E-state index in [1.807, 2.05) is 25.1 Å². The Morgan fingerprint density at radius 2 is 1.76 bits per heavy atom. The van der Waals surface area contributed by atoms with E-state index in [2.05, 4.69) is 60.2 Å². The Kier molecular flexibility index (Phi) is 7.79. The number of rotatable bonds is 9. The molecule has 0 radical (unpaired) electrons. The van der Waals surface area contributed by atoms with Crippen molar-refractivity contribution < 1.29 is 9.47 Å². The van der Waals surface area contributed by atoms with Gasteiger partial charge in [0.2, 0.25) is 0 Å². The van der Waals surface area contributed by atoms with E-state index in [9.17, 15) is 0 Å². The molecule has 2 aromatic carbocycles. The van der Waals surface area contributed by atoms with E-state index in [4.69, 9.17) is 9.47 Å². The normalized spacial score (nSPS) is 12.0. The summed E-state index contributed by atoms with van der Waals surface area (Å²) in [7, 11) is 0. The molecule has 4 heteroatoms. The standard InChI is InChI=1S/C21H28BrNO2/c1-5-16(4)23-13-18-11-20(24-6-2)21(12-19(18)22)25-14-17-10-8-7-9-15(17)3/h7-12,16,23H,5-6,13-14H2,1-4H3. The van der Waals surface area contributed by atoms with Crippen LogP contribution in [0.15, 0.2) is 40.9 Å². The lowest BCUT2D eigenvalue weighted by Gasteiger charge is -2.17. The van der Waals surface area contributed by atoms with E-state index < -0.39 is 0 Å². The maximum absolute atomic E-state index is 6.06. The average molecular weight is 406 g/mol. The lowest BCUT2D eigenvalue weighted by atomic mass is 10.1. The average Bonchev–Trinajstić information content (AvgIpc) is 2.61. The van der Waals surface area contributed by atoms with Crippen LogP contribution in [0.4, 0.5) is 0 Å². The molecular formula is C21H28BrNO2. The Bertz CT molecular complexity index is 688. The summed E-state index contributed by atoms with van der Waals surface area (Å²) in [5.41, 5.74) is 3.59. The summed E-state index contributed by atoms with van der Waals surface area (Å²) in [6.07, 6.45) is 1.10. The van der Waals surface area contributed by atoms with Crippen molar-refractivity contribution in [1.82, 2.24) is 5.32 Å². The van der Waals surface area contributed by atoms with Crippen molar-refractivity contribution in [3.63, 3.8) is 0 Å². The van der Waals surface area contributed by atoms with Crippen molar-refractivity contribution in [2.24, 2.45) is 0 Å². The van der Waals surface area contributed by atoms with Crippen LogP contribution in [0, 0.1) is 6.92 Å². The van der Waals surface area contributed by atoms with Gasteiger partial charge in [0.15, 0.2) is 11.5 Å². The minimum atomic E-state index is 0.486. The van der Waals surface area contributed by atoms with E-state index in [0.29, 0.717) is 19.3 Å². The fourth-order valence-corrected chi connectivity index (χ4v) is 2.91. The van der Waals surface area contributed by atoms with Crippen molar-refractivity contribution in [1.29, 1.82) is 0 Å². The largest absolute Gasteiger partial charge is 0.490 e. The third kappa shape index (κ3) is 5.75. The maximum Gasteiger partial charge on any atom is 0.162 e. The topological polar surface area (TPSA) is 30.5 Å². The lowest BCUT2D eigenvalue weighted by Crippen LogP contribution is -2.24. The van der Waals surface area contributed by atoms with Gasteiger partial charge in [0, 0.05) is 17.1 Å². The van der Waals surface area contributed by atoms with Gasteiger partial charge in [0.05, 0.1) is 6.61 Å². The monoisotopic (exact) mass is 405 g/mol. The second kappa shape index (κ2) is 9.83. The zero-order chi connectivity index (χ0) is 18.2. The number of hydrogen-bond acceptors (Lipinski definition) is 3. The maximum atomic E-state index is 6.06. The molecule has 3 nitrogen and oxygen atoms in total. The summed E-state index contributed by atoms with van der Waals surface area (Å²) < 4.78 is 12.9. The summed E-state index contributed by atoms with van der Waals surface area (Å²) >= 11 is 3.67. The molecule has 136 valence electrons. The van der Waals surface area contributed by atoms with Crippen molar-refractivity contribution in [2.75, 3.05) is 6.61 Å². The Morgan fingerprint density at radius 3 is 2.44 bits per heavy atom. The van der Waals surface area contributed by atoms with Crippen LogP contribution in [-0.2, 0) is 13.2 Å². The fraction of sp³-hybridized carbons (Fsp3) is 0.429. The molecule has 0 aliphatic heterocycles. The molecule has 25 heavy (non-hydrogen) atoms. The first-order chi connectivity index (χ1) is 12.0. The Balaban J connectivity index is 2.16. The highest BCUT2D eigenvalue weighted by Crippen LogP contribution is 2.34. The first-order valence-corrected chi connectivity index (χ1v) is 9.70. The quantitative estimate of drug-likeness (QED) is 0.586. The third-order valence-electron chi connectivity index (χ3n) is 4.31. The van der Waals surface area contributed by atoms with Crippen LogP contribution in [0.1, 0.15) is 43.9 Å². The van der Waals surface area contributed by atoms with Crippen molar-refractivity contribution in [3.05, 3.63) is 57.6 Å². The summed E-state index contributed by atoms with van der Waals surface area (Å²) in [4.78, 5) is 0. The molecule has 1 N–H and O–H groups in total. The van der Waals surface area contributed by atoms with Gasteiger partial charge in [-0.05, 0) is 56.0 Å². The zero-order valence-electron chi connectivity index (χ0n) is 15.6. The molecule has 0 aromatic heterocycles. The fourth-order valence-electron chi connectivity index (χ4n) is 2.45. The summed E-state index contributed by atoms with van der Waals surface area (Å²) in [6, 6.07) is 12.8. The van der Waals surface area contributed by atoms with Gasteiger partial charge in [-0.2, -0.15) is 0 Å². The highest BCUT2D eigenvalue weighted by molar-refractivity contribution is 9.10. The molecule has 0 fully saturated rings. The molecule has 2 rings (SSSR count). The minimum Gasteiger partial charge on any atom is -0.490 e. The summed E-state index contributed by atoms with van der Waals surface area (Å²) in [5.74, 6) is 1.56. The van der Waals surface area contributed by atoms with Crippen LogP contribution >= 0.6 is 15.9 Å². The highest BCUT2D eigenvalue weighted by Gasteiger charge is 2.12. The first-order valence-electron chi connectivity index (χ1n) is 8.91. The first kappa shape index (κ1) is 19.8. The van der Waals surface area contributed by atoms with Gasteiger partial charge in [-0.3, -0.25) is 0 Å². The highest BCUT2D eigenvalue weighted by atomic mass is 79.9. The molecule has 0 aliphatic carbocycles. The predicted octanol–water partition coefficient (Wildman–Crippen LogP) is 5.62. The Morgan fingerprint density at radius 1 is 1.04 bits per heavy atom. The van der Waals surface area contributed by atoms with Gasteiger partial charge in [-0.1, -0.05) is 47.1 Å². The Labute approximate surface area is 159 Å². The summed E-state index contributed by atoms with van der Waals surface area (Å²) in [5, 5.41) is 3.52. The van der Waals surface area contributed by atoms with Gasteiger partial charge in [0.25, 0.3) is 0 Å². The molecule has 0 saturated carbocycles. The number of halogens is 1.